The minimum Gasteiger partial charge on any atom is -0.328 e. The summed E-state index contributed by atoms with van der Waals surface area (Å²) in [6, 6.07) is 6.47. The van der Waals surface area contributed by atoms with Crippen LogP contribution in [0.2, 0.25) is 0 Å². The third-order valence-electron chi connectivity index (χ3n) is 3.78. The molecule has 4 nitrogen and oxygen atoms in total. The second-order valence-electron chi connectivity index (χ2n) is 5.80. The molecule has 124 valence electrons. The van der Waals surface area contributed by atoms with E-state index in [-0.39, 0.29) is 4.90 Å². The molecule has 1 aromatic rings. The molecular weight excluding hydrogens is 298 g/mol. The maximum Gasteiger partial charge on any atom is 0.294 e. The summed E-state index contributed by atoms with van der Waals surface area (Å²) >= 11 is 0. The molecule has 1 saturated carbocycles. The van der Waals surface area contributed by atoms with Crippen molar-refractivity contribution < 1.29 is 13.0 Å². The van der Waals surface area contributed by atoms with Crippen LogP contribution in [0.3, 0.4) is 0 Å². The molecule has 1 aromatic carbocycles. The Balaban J connectivity index is 0.000000220. The number of rotatable bonds is 3. The normalized spacial score (nSPS) is 22.2. The topological polar surface area (TPSA) is 80.4 Å². The Morgan fingerprint density at radius 2 is 1.73 bits per heavy atom. The van der Waals surface area contributed by atoms with E-state index >= 15 is 0 Å². The van der Waals surface area contributed by atoms with Crippen molar-refractivity contribution in [2.45, 2.75) is 56.9 Å². The van der Waals surface area contributed by atoms with Gasteiger partial charge in [-0.3, -0.25) is 4.55 Å². The first-order valence-corrected chi connectivity index (χ1v) is 9.23. The van der Waals surface area contributed by atoms with E-state index in [4.69, 9.17) is 10.3 Å². The minimum atomic E-state index is -4.02. The molecule has 0 atom stereocenters. The quantitative estimate of drug-likeness (QED) is 0.656. The molecule has 1 fully saturated rings. The van der Waals surface area contributed by atoms with E-state index in [1.54, 1.807) is 12.1 Å². The number of hydrogen-bond donors (Lipinski definition) is 2. The van der Waals surface area contributed by atoms with Gasteiger partial charge >= 0.3 is 0 Å². The number of nitrogens with two attached hydrogens (primary N) is 1. The first kappa shape index (κ1) is 18.9. The van der Waals surface area contributed by atoms with Gasteiger partial charge in [-0.25, -0.2) is 0 Å². The van der Waals surface area contributed by atoms with E-state index in [1.807, 2.05) is 6.92 Å². The Kier molecular flexibility index (Phi) is 7.79. The van der Waals surface area contributed by atoms with Gasteiger partial charge in [-0.05, 0) is 57.1 Å². The summed E-state index contributed by atoms with van der Waals surface area (Å²) in [4.78, 5) is -0.0666. The lowest BCUT2D eigenvalue weighted by atomic mass is 9.86. The zero-order chi connectivity index (χ0) is 16.6. The fourth-order valence-corrected chi connectivity index (χ4v) is 2.86. The number of allylic oxidation sites excluding steroid dienone is 2. The Morgan fingerprint density at radius 1 is 1.18 bits per heavy atom. The molecule has 3 N–H and O–H groups in total. The van der Waals surface area contributed by atoms with Gasteiger partial charge in [-0.1, -0.05) is 36.8 Å². The second kappa shape index (κ2) is 9.08. The van der Waals surface area contributed by atoms with Crippen LogP contribution in [0, 0.1) is 12.8 Å². The van der Waals surface area contributed by atoms with Crippen molar-refractivity contribution in [3.05, 3.63) is 42.0 Å². The highest BCUT2D eigenvalue weighted by molar-refractivity contribution is 7.85. The molecule has 22 heavy (non-hydrogen) atoms. The monoisotopic (exact) mass is 325 g/mol. The molecule has 1 aliphatic carbocycles. The Hall–Kier alpha value is -1.17. The molecule has 5 heteroatoms. The van der Waals surface area contributed by atoms with Crippen LogP contribution in [-0.2, 0) is 10.1 Å². The number of aryl methyl sites for hydroxylation is 1. The predicted octanol–water partition coefficient (Wildman–Crippen LogP) is 3.71. The van der Waals surface area contributed by atoms with E-state index in [0.717, 1.165) is 11.5 Å². The molecule has 0 saturated heterocycles. The van der Waals surface area contributed by atoms with Crippen LogP contribution in [-0.4, -0.2) is 19.0 Å². The maximum absolute atomic E-state index is 10.5. The van der Waals surface area contributed by atoms with Crippen LogP contribution in [0.4, 0.5) is 0 Å². The molecule has 0 aliphatic heterocycles. The summed E-state index contributed by atoms with van der Waals surface area (Å²) in [6.07, 6.45) is 10.9. The summed E-state index contributed by atoms with van der Waals surface area (Å²) in [5, 5.41) is 0. The van der Waals surface area contributed by atoms with Gasteiger partial charge in [0.2, 0.25) is 0 Å². The largest absolute Gasteiger partial charge is 0.328 e. The van der Waals surface area contributed by atoms with Crippen LogP contribution in [0.25, 0.3) is 0 Å². The minimum absolute atomic E-state index is 0.0666. The van der Waals surface area contributed by atoms with Crippen molar-refractivity contribution in [2.24, 2.45) is 11.7 Å². The lowest BCUT2D eigenvalue weighted by Gasteiger charge is -2.23. The van der Waals surface area contributed by atoms with Crippen molar-refractivity contribution in [1.29, 1.82) is 0 Å². The van der Waals surface area contributed by atoms with Gasteiger partial charge in [-0.2, -0.15) is 8.42 Å². The Bertz CT molecular complexity index is 556. The summed E-state index contributed by atoms with van der Waals surface area (Å²) in [7, 11) is -4.02. The summed E-state index contributed by atoms with van der Waals surface area (Å²) in [5.74, 6) is 0.828. The maximum atomic E-state index is 10.5. The van der Waals surface area contributed by atoms with Gasteiger partial charge in [-0.15, -0.1) is 0 Å². The zero-order valence-corrected chi connectivity index (χ0v) is 14.2. The average Bonchev–Trinajstić information content (AvgIpc) is 2.47. The standard InChI is InChI=1S/C10H19N.C7H8O3S/c1-2-3-4-9-5-7-10(11)8-6-9;1-6-2-4-7(5-3-6)11(8,9)10/h3-4,9-10H,2,5-8,11H2,1H3;2-5H,1H3,(H,8,9,10). The van der Waals surface area contributed by atoms with Crippen molar-refractivity contribution >= 4 is 10.1 Å². The van der Waals surface area contributed by atoms with Crippen LogP contribution >= 0.6 is 0 Å². The lowest BCUT2D eigenvalue weighted by molar-refractivity contribution is 0.375. The molecule has 0 radical (unpaired) electrons. The first-order valence-electron chi connectivity index (χ1n) is 7.79. The molecule has 2 rings (SSSR count). The van der Waals surface area contributed by atoms with E-state index in [2.05, 4.69) is 19.1 Å². The molecular formula is C17H27NO3S. The Labute approximate surface area is 134 Å². The van der Waals surface area contributed by atoms with E-state index in [9.17, 15) is 8.42 Å². The molecule has 0 unspecified atom stereocenters. The average molecular weight is 325 g/mol. The molecule has 1 aliphatic rings. The number of hydrogen-bond acceptors (Lipinski definition) is 3. The molecule has 0 aromatic heterocycles. The van der Waals surface area contributed by atoms with Crippen molar-refractivity contribution in [3.8, 4) is 0 Å². The van der Waals surface area contributed by atoms with Gasteiger partial charge in [0.05, 0.1) is 4.90 Å². The summed E-state index contributed by atoms with van der Waals surface area (Å²) in [5.41, 5.74) is 6.76. The van der Waals surface area contributed by atoms with E-state index in [0.29, 0.717) is 6.04 Å². The zero-order valence-electron chi connectivity index (χ0n) is 13.4. The van der Waals surface area contributed by atoms with Crippen molar-refractivity contribution in [1.82, 2.24) is 0 Å². The highest BCUT2D eigenvalue weighted by atomic mass is 32.2. The smallest absolute Gasteiger partial charge is 0.294 e. The van der Waals surface area contributed by atoms with Gasteiger partial charge in [0.25, 0.3) is 10.1 Å². The lowest BCUT2D eigenvalue weighted by Crippen LogP contribution is -2.25. The molecule has 0 bridgehead atoms. The van der Waals surface area contributed by atoms with Crippen LogP contribution in [0.5, 0.6) is 0 Å². The van der Waals surface area contributed by atoms with Gasteiger partial charge in [0.15, 0.2) is 0 Å². The third kappa shape index (κ3) is 7.20. The highest BCUT2D eigenvalue weighted by Gasteiger charge is 2.15. The van der Waals surface area contributed by atoms with Crippen LogP contribution < -0.4 is 5.73 Å². The fourth-order valence-electron chi connectivity index (χ4n) is 2.38. The SMILES string of the molecule is CCC=CC1CCC(N)CC1.Cc1ccc(S(=O)(=O)O)cc1. The van der Waals surface area contributed by atoms with Crippen molar-refractivity contribution in [2.75, 3.05) is 0 Å². The van der Waals surface area contributed by atoms with Crippen LogP contribution in [0.1, 0.15) is 44.6 Å². The fraction of sp³-hybridized carbons (Fsp3) is 0.529. The van der Waals surface area contributed by atoms with Gasteiger partial charge in [0.1, 0.15) is 0 Å². The van der Waals surface area contributed by atoms with Gasteiger partial charge in [0, 0.05) is 6.04 Å². The molecule has 0 heterocycles. The molecule has 0 spiro atoms. The Morgan fingerprint density at radius 3 is 2.18 bits per heavy atom. The summed E-state index contributed by atoms with van der Waals surface area (Å²) in [6.45, 7) is 4.03. The second-order valence-corrected chi connectivity index (χ2v) is 7.22. The van der Waals surface area contributed by atoms with E-state index in [1.165, 1.54) is 44.2 Å². The third-order valence-corrected chi connectivity index (χ3v) is 4.65. The summed E-state index contributed by atoms with van der Waals surface area (Å²) < 4.78 is 29.6. The number of benzene rings is 1. The van der Waals surface area contributed by atoms with Crippen LogP contribution in [0.15, 0.2) is 41.3 Å². The first-order chi connectivity index (χ1) is 10.3. The van der Waals surface area contributed by atoms with Gasteiger partial charge < -0.3 is 5.73 Å². The molecule has 0 amide bonds. The highest BCUT2D eigenvalue weighted by Crippen LogP contribution is 2.24. The predicted molar refractivity (Wildman–Crippen MR) is 90.4 cm³/mol. The van der Waals surface area contributed by atoms with Crippen molar-refractivity contribution in [3.63, 3.8) is 0 Å². The van der Waals surface area contributed by atoms with E-state index < -0.39 is 10.1 Å².